The van der Waals surface area contributed by atoms with Gasteiger partial charge in [-0.2, -0.15) is 0 Å². The molecular formula is C9H16Cl. The monoisotopic (exact) mass is 159 g/mol. The van der Waals surface area contributed by atoms with Crippen LogP contribution < -0.4 is 0 Å². The minimum absolute atomic E-state index is 0.0764. The Hall–Kier alpha value is 0.290. The topological polar surface area (TPSA) is 0 Å². The quantitative estimate of drug-likeness (QED) is 0.541. The Kier molecular flexibility index (Phi) is 3.03. The molecule has 1 aliphatic carbocycles. The van der Waals surface area contributed by atoms with Crippen LogP contribution in [0, 0.1) is 6.42 Å². The molecule has 0 N–H and O–H groups in total. The van der Waals surface area contributed by atoms with Crippen molar-refractivity contribution in [1.29, 1.82) is 0 Å². The van der Waals surface area contributed by atoms with Gasteiger partial charge >= 0.3 is 0 Å². The van der Waals surface area contributed by atoms with Gasteiger partial charge in [-0.3, -0.25) is 0 Å². The summed E-state index contributed by atoms with van der Waals surface area (Å²) in [5.41, 5.74) is 0. The van der Waals surface area contributed by atoms with Crippen LogP contribution in [0.5, 0.6) is 0 Å². The van der Waals surface area contributed by atoms with Crippen molar-refractivity contribution in [3.05, 3.63) is 6.42 Å². The van der Waals surface area contributed by atoms with Crippen molar-refractivity contribution in [3.63, 3.8) is 0 Å². The molecule has 0 atom stereocenters. The molecule has 1 heteroatoms. The standard InChI is InChI=1S/C9H16Cl/c1-2-6-9(10)7-4-3-5-8-9/h6H,2-5,7-8H2,1H3. The molecule has 0 aromatic carbocycles. The lowest BCUT2D eigenvalue weighted by atomic mass is 9.85. The average molecular weight is 160 g/mol. The molecular weight excluding hydrogens is 144 g/mol. The van der Waals surface area contributed by atoms with E-state index in [9.17, 15) is 0 Å². The third kappa shape index (κ3) is 2.16. The van der Waals surface area contributed by atoms with Crippen molar-refractivity contribution in [2.45, 2.75) is 50.3 Å². The predicted octanol–water partition coefficient (Wildman–Crippen LogP) is 3.54. The molecule has 0 bridgehead atoms. The fourth-order valence-electron chi connectivity index (χ4n) is 1.71. The Morgan fingerprint density at radius 1 is 1.30 bits per heavy atom. The highest BCUT2D eigenvalue weighted by Crippen LogP contribution is 2.36. The van der Waals surface area contributed by atoms with Crippen LogP contribution in [0.4, 0.5) is 0 Å². The normalized spacial score (nSPS) is 24.6. The molecule has 10 heavy (non-hydrogen) atoms. The molecule has 0 amide bonds. The molecule has 0 aromatic rings. The molecule has 0 heterocycles. The number of hydrogen-bond donors (Lipinski definition) is 0. The summed E-state index contributed by atoms with van der Waals surface area (Å²) in [6.07, 6.45) is 9.80. The largest absolute Gasteiger partial charge is 0.119 e. The average Bonchev–Trinajstić information content (AvgIpc) is 1.89. The molecule has 0 nitrogen and oxygen atoms in total. The number of halogens is 1. The molecule has 0 saturated heterocycles. The predicted molar refractivity (Wildman–Crippen MR) is 46.3 cm³/mol. The van der Waals surface area contributed by atoms with E-state index in [1.54, 1.807) is 0 Å². The van der Waals surface area contributed by atoms with Gasteiger partial charge < -0.3 is 0 Å². The van der Waals surface area contributed by atoms with E-state index in [1.807, 2.05) is 0 Å². The van der Waals surface area contributed by atoms with E-state index in [2.05, 4.69) is 13.3 Å². The molecule has 0 aliphatic heterocycles. The summed E-state index contributed by atoms with van der Waals surface area (Å²) in [4.78, 5) is 0.0764. The first-order chi connectivity index (χ1) is 4.77. The second kappa shape index (κ2) is 3.61. The van der Waals surface area contributed by atoms with E-state index in [-0.39, 0.29) is 4.87 Å². The third-order valence-corrected chi connectivity index (χ3v) is 2.79. The molecule has 1 fully saturated rings. The zero-order chi connectivity index (χ0) is 7.45. The summed E-state index contributed by atoms with van der Waals surface area (Å²) >= 11 is 6.32. The van der Waals surface area contributed by atoms with E-state index in [4.69, 9.17) is 11.6 Å². The maximum atomic E-state index is 6.32. The van der Waals surface area contributed by atoms with Gasteiger partial charge in [0.15, 0.2) is 0 Å². The molecule has 59 valence electrons. The molecule has 1 rings (SSSR count). The summed E-state index contributed by atoms with van der Waals surface area (Å²) in [6.45, 7) is 2.17. The van der Waals surface area contributed by atoms with Crippen LogP contribution in [0.1, 0.15) is 45.4 Å². The Morgan fingerprint density at radius 2 is 1.90 bits per heavy atom. The van der Waals surface area contributed by atoms with Gasteiger partial charge in [0, 0.05) is 4.87 Å². The molecule has 0 aromatic heterocycles. The first kappa shape index (κ1) is 8.39. The minimum atomic E-state index is 0.0764. The van der Waals surface area contributed by atoms with Gasteiger partial charge in [-0.1, -0.05) is 32.6 Å². The summed E-state index contributed by atoms with van der Waals surface area (Å²) in [7, 11) is 0. The van der Waals surface area contributed by atoms with Crippen LogP contribution in [0.25, 0.3) is 0 Å². The van der Waals surface area contributed by atoms with E-state index < -0.39 is 0 Å². The zero-order valence-corrected chi connectivity index (χ0v) is 7.45. The molecule has 1 aliphatic rings. The van der Waals surface area contributed by atoms with E-state index in [0.29, 0.717) is 0 Å². The highest BCUT2D eigenvalue weighted by atomic mass is 35.5. The van der Waals surface area contributed by atoms with Crippen LogP contribution in [-0.4, -0.2) is 4.87 Å². The van der Waals surface area contributed by atoms with Crippen molar-refractivity contribution in [3.8, 4) is 0 Å². The van der Waals surface area contributed by atoms with Crippen molar-refractivity contribution in [2.24, 2.45) is 0 Å². The van der Waals surface area contributed by atoms with Gasteiger partial charge in [0.2, 0.25) is 0 Å². The maximum Gasteiger partial charge on any atom is 0.0478 e. The van der Waals surface area contributed by atoms with Crippen LogP contribution >= 0.6 is 11.6 Å². The van der Waals surface area contributed by atoms with Gasteiger partial charge in [0.1, 0.15) is 0 Å². The molecule has 1 radical (unpaired) electrons. The fourth-order valence-corrected chi connectivity index (χ4v) is 2.13. The highest BCUT2D eigenvalue weighted by molar-refractivity contribution is 6.24. The van der Waals surface area contributed by atoms with Crippen molar-refractivity contribution >= 4 is 11.6 Å². The Bertz CT molecular complexity index is 87.4. The SMILES string of the molecule is CC[CH]C1(Cl)CCCCC1. The number of rotatable bonds is 2. The van der Waals surface area contributed by atoms with Crippen molar-refractivity contribution in [2.75, 3.05) is 0 Å². The van der Waals surface area contributed by atoms with Gasteiger partial charge in [-0.25, -0.2) is 0 Å². The van der Waals surface area contributed by atoms with Gasteiger partial charge in [-0.15, -0.1) is 11.6 Å². The first-order valence-corrected chi connectivity index (χ1v) is 4.68. The summed E-state index contributed by atoms with van der Waals surface area (Å²) in [6, 6.07) is 0. The lowest BCUT2D eigenvalue weighted by molar-refractivity contribution is 0.420. The van der Waals surface area contributed by atoms with E-state index in [0.717, 1.165) is 6.42 Å². The second-order valence-electron chi connectivity index (χ2n) is 3.21. The lowest BCUT2D eigenvalue weighted by Gasteiger charge is -2.30. The summed E-state index contributed by atoms with van der Waals surface area (Å²) < 4.78 is 0. The van der Waals surface area contributed by atoms with Gasteiger partial charge in [0.05, 0.1) is 0 Å². The number of alkyl halides is 1. The maximum absolute atomic E-state index is 6.32. The Labute approximate surface area is 69.0 Å². The first-order valence-electron chi connectivity index (χ1n) is 4.30. The van der Waals surface area contributed by atoms with Gasteiger partial charge in [0.25, 0.3) is 0 Å². The third-order valence-electron chi connectivity index (χ3n) is 2.25. The summed E-state index contributed by atoms with van der Waals surface area (Å²) in [5.74, 6) is 0. The van der Waals surface area contributed by atoms with Gasteiger partial charge in [-0.05, 0) is 19.3 Å². The smallest absolute Gasteiger partial charge is 0.0478 e. The molecule has 0 spiro atoms. The van der Waals surface area contributed by atoms with E-state index >= 15 is 0 Å². The van der Waals surface area contributed by atoms with Crippen LogP contribution in [0.15, 0.2) is 0 Å². The van der Waals surface area contributed by atoms with Crippen LogP contribution in [0.3, 0.4) is 0 Å². The highest BCUT2D eigenvalue weighted by Gasteiger charge is 2.27. The fraction of sp³-hybridized carbons (Fsp3) is 0.889. The lowest BCUT2D eigenvalue weighted by Crippen LogP contribution is -2.24. The molecule has 1 saturated carbocycles. The Morgan fingerprint density at radius 3 is 2.40 bits per heavy atom. The van der Waals surface area contributed by atoms with Crippen LogP contribution in [0.2, 0.25) is 0 Å². The minimum Gasteiger partial charge on any atom is -0.119 e. The zero-order valence-electron chi connectivity index (χ0n) is 6.70. The molecule has 0 unspecified atom stereocenters. The van der Waals surface area contributed by atoms with E-state index in [1.165, 1.54) is 32.1 Å². The van der Waals surface area contributed by atoms with Crippen LogP contribution in [-0.2, 0) is 0 Å². The van der Waals surface area contributed by atoms with Crippen molar-refractivity contribution < 1.29 is 0 Å². The van der Waals surface area contributed by atoms with Crippen molar-refractivity contribution in [1.82, 2.24) is 0 Å². The summed E-state index contributed by atoms with van der Waals surface area (Å²) in [5, 5.41) is 0. The number of hydrogen-bond acceptors (Lipinski definition) is 0. The Balaban J connectivity index is 2.32. The second-order valence-corrected chi connectivity index (χ2v) is 3.96.